The molecule has 0 amide bonds. The standard InChI is InChI=1S/C33H41NO4/c1-20(2)8-11-23-19-34-25-15-22(16-26(36-6)30(23)25)10-9-21-14-24-18-28-32(3,4)29(35)12-13-33(28,5)38-31(24)27(17-21)37-7/h8-10,14-17,19,28-29,34-35H,11-13,18H2,1-7H3/t28-,29-,33-/m1/s1. The summed E-state index contributed by atoms with van der Waals surface area (Å²) in [7, 11) is 3.43. The molecule has 3 atom stereocenters. The van der Waals surface area contributed by atoms with Gasteiger partial charge >= 0.3 is 0 Å². The molecule has 5 heteroatoms. The van der Waals surface area contributed by atoms with Gasteiger partial charge in [-0.05, 0) is 98.4 Å². The van der Waals surface area contributed by atoms with Crippen molar-refractivity contribution < 1.29 is 19.3 Å². The van der Waals surface area contributed by atoms with Crippen molar-refractivity contribution in [1.82, 2.24) is 4.98 Å². The number of hydrogen-bond acceptors (Lipinski definition) is 4. The molecule has 2 N–H and O–H groups in total. The van der Waals surface area contributed by atoms with Crippen LogP contribution in [0.3, 0.4) is 0 Å². The number of ether oxygens (including phenoxy) is 3. The maximum atomic E-state index is 10.8. The number of aliphatic hydroxyl groups is 1. The normalized spacial score (nSPS) is 24.0. The summed E-state index contributed by atoms with van der Waals surface area (Å²) < 4.78 is 18.3. The topological polar surface area (TPSA) is 63.7 Å². The van der Waals surface area contributed by atoms with E-state index < -0.39 is 0 Å². The lowest BCUT2D eigenvalue weighted by Gasteiger charge is -2.55. The fourth-order valence-electron chi connectivity index (χ4n) is 6.49. The van der Waals surface area contributed by atoms with Crippen LogP contribution in [0.15, 0.2) is 42.1 Å². The first-order chi connectivity index (χ1) is 18.1. The second kappa shape index (κ2) is 9.85. The number of H-pyrrole nitrogens is 1. The molecule has 1 fully saturated rings. The third kappa shape index (κ3) is 4.62. The molecule has 2 aliphatic rings. The number of allylic oxidation sites excluding steroid dienone is 2. The molecule has 0 radical (unpaired) electrons. The first kappa shape index (κ1) is 26.4. The average Bonchev–Trinajstić information content (AvgIpc) is 3.30. The van der Waals surface area contributed by atoms with Crippen LogP contribution in [0.5, 0.6) is 17.2 Å². The lowest BCUT2D eigenvalue weighted by molar-refractivity contribution is -0.138. The van der Waals surface area contributed by atoms with E-state index in [9.17, 15) is 5.11 Å². The number of aliphatic hydroxyl groups excluding tert-OH is 1. The average molecular weight is 516 g/mol. The van der Waals surface area contributed by atoms with Gasteiger partial charge in [-0.15, -0.1) is 0 Å². The fourth-order valence-corrected chi connectivity index (χ4v) is 6.49. The summed E-state index contributed by atoms with van der Waals surface area (Å²) in [5, 5.41) is 11.9. The molecule has 2 aromatic carbocycles. The van der Waals surface area contributed by atoms with Crippen LogP contribution < -0.4 is 14.2 Å². The molecular formula is C33H41NO4. The monoisotopic (exact) mass is 515 g/mol. The molecule has 202 valence electrons. The van der Waals surface area contributed by atoms with E-state index in [-0.39, 0.29) is 23.0 Å². The van der Waals surface area contributed by atoms with Crippen molar-refractivity contribution in [2.75, 3.05) is 14.2 Å². The Morgan fingerprint density at radius 2 is 1.74 bits per heavy atom. The molecule has 0 bridgehead atoms. The van der Waals surface area contributed by atoms with Gasteiger partial charge in [0.05, 0.1) is 25.8 Å². The molecule has 38 heavy (non-hydrogen) atoms. The molecular weight excluding hydrogens is 474 g/mol. The van der Waals surface area contributed by atoms with Gasteiger partial charge in [-0.2, -0.15) is 0 Å². The molecule has 3 aromatic rings. The molecule has 1 aliphatic heterocycles. The van der Waals surface area contributed by atoms with Crippen LogP contribution in [0.4, 0.5) is 0 Å². The van der Waals surface area contributed by atoms with Crippen LogP contribution in [-0.4, -0.2) is 36.0 Å². The van der Waals surface area contributed by atoms with Crippen LogP contribution in [0, 0.1) is 11.3 Å². The van der Waals surface area contributed by atoms with Gasteiger partial charge in [-0.3, -0.25) is 0 Å². The number of benzene rings is 2. The van der Waals surface area contributed by atoms with Crippen molar-refractivity contribution in [2.45, 2.75) is 72.0 Å². The smallest absolute Gasteiger partial charge is 0.165 e. The highest BCUT2D eigenvalue weighted by Gasteiger charge is 2.54. The van der Waals surface area contributed by atoms with Gasteiger partial charge in [0.15, 0.2) is 11.5 Å². The summed E-state index contributed by atoms with van der Waals surface area (Å²) in [6, 6.07) is 8.50. The second-order valence-corrected chi connectivity index (χ2v) is 12.0. The summed E-state index contributed by atoms with van der Waals surface area (Å²) >= 11 is 0. The minimum absolute atomic E-state index is 0.218. The highest BCUT2D eigenvalue weighted by Crippen LogP contribution is 2.55. The van der Waals surface area contributed by atoms with E-state index in [1.807, 2.05) is 6.07 Å². The van der Waals surface area contributed by atoms with Gasteiger partial charge in [0.25, 0.3) is 0 Å². The Bertz CT molecular complexity index is 1410. The number of rotatable bonds is 6. The molecule has 5 rings (SSSR count). The first-order valence-corrected chi connectivity index (χ1v) is 13.6. The van der Waals surface area contributed by atoms with Gasteiger partial charge in [-0.25, -0.2) is 0 Å². The van der Waals surface area contributed by atoms with Gasteiger partial charge in [0.1, 0.15) is 11.4 Å². The van der Waals surface area contributed by atoms with Crippen molar-refractivity contribution in [3.8, 4) is 17.2 Å². The Balaban J connectivity index is 1.48. The predicted molar refractivity (Wildman–Crippen MR) is 155 cm³/mol. The molecule has 5 nitrogen and oxygen atoms in total. The molecule has 2 heterocycles. The number of methoxy groups -OCH3 is 2. The zero-order valence-corrected chi connectivity index (χ0v) is 23.8. The summed E-state index contributed by atoms with van der Waals surface area (Å²) in [6.07, 6.45) is 11.5. The van der Waals surface area contributed by atoms with Crippen molar-refractivity contribution >= 4 is 23.1 Å². The highest BCUT2D eigenvalue weighted by molar-refractivity contribution is 5.92. The SMILES string of the molecule is COc1cc(C=Cc2cc(OC)c3c(CC=C(C)C)c[nH]c3c2)cc2c1O[C@]1(C)CC[C@@H](O)C(C)(C)[C@H]1C2. The van der Waals surface area contributed by atoms with Crippen LogP contribution in [0.25, 0.3) is 23.1 Å². The van der Waals surface area contributed by atoms with E-state index in [1.54, 1.807) is 14.2 Å². The molecule has 1 saturated carbocycles. The Labute approximate surface area is 226 Å². The number of aromatic nitrogens is 1. The summed E-state index contributed by atoms with van der Waals surface area (Å²) in [5.41, 5.74) is 6.30. The molecule has 1 aliphatic carbocycles. The zero-order valence-electron chi connectivity index (χ0n) is 23.8. The Morgan fingerprint density at radius 3 is 2.42 bits per heavy atom. The third-order valence-corrected chi connectivity index (χ3v) is 8.81. The van der Waals surface area contributed by atoms with E-state index in [4.69, 9.17) is 14.2 Å². The van der Waals surface area contributed by atoms with Gasteiger partial charge < -0.3 is 24.3 Å². The minimum atomic E-state index is -0.323. The van der Waals surface area contributed by atoms with E-state index in [0.29, 0.717) is 0 Å². The lowest BCUT2D eigenvalue weighted by atomic mass is 9.57. The predicted octanol–water partition coefficient (Wildman–Crippen LogP) is 7.35. The van der Waals surface area contributed by atoms with Crippen LogP contribution in [-0.2, 0) is 12.8 Å². The minimum Gasteiger partial charge on any atom is -0.496 e. The summed E-state index contributed by atoms with van der Waals surface area (Å²) in [6.45, 7) is 10.8. The van der Waals surface area contributed by atoms with Crippen LogP contribution in [0.2, 0.25) is 0 Å². The summed E-state index contributed by atoms with van der Waals surface area (Å²) in [4.78, 5) is 3.43. The van der Waals surface area contributed by atoms with Crippen molar-refractivity contribution in [3.05, 3.63) is 64.4 Å². The quantitative estimate of drug-likeness (QED) is 0.266. The van der Waals surface area contributed by atoms with E-state index in [2.05, 4.69) is 82.2 Å². The summed E-state index contributed by atoms with van der Waals surface area (Å²) in [5.74, 6) is 2.69. The van der Waals surface area contributed by atoms with E-state index in [0.717, 1.165) is 70.5 Å². The van der Waals surface area contributed by atoms with Gasteiger partial charge in [0, 0.05) is 17.5 Å². The van der Waals surface area contributed by atoms with Crippen LogP contribution in [0.1, 0.15) is 69.7 Å². The molecule has 1 aromatic heterocycles. The number of hydrogen-bond donors (Lipinski definition) is 2. The highest BCUT2D eigenvalue weighted by atomic mass is 16.5. The Hall–Kier alpha value is -3.18. The molecule has 0 spiro atoms. The van der Waals surface area contributed by atoms with Crippen LogP contribution >= 0.6 is 0 Å². The maximum Gasteiger partial charge on any atom is 0.165 e. The first-order valence-electron chi connectivity index (χ1n) is 13.6. The number of nitrogens with one attached hydrogen (secondary N) is 1. The number of fused-ring (bicyclic) bond motifs is 3. The second-order valence-electron chi connectivity index (χ2n) is 12.0. The fraction of sp³-hybridized carbons (Fsp3) is 0.455. The molecule has 0 unspecified atom stereocenters. The Morgan fingerprint density at radius 1 is 1.05 bits per heavy atom. The van der Waals surface area contributed by atoms with Crippen molar-refractivity contribution in [2.24, 2.45) is 11.3 Å². The lowest BCUT2D eigenvalue weighted by Crippen LogP contribution is -2.58. The molecule has 0 saturated heterocycles. The zero-order chi connectivity index (χ0) is 27.2. The maximum absolute atomic E-state index is 10.8. The van der Waals surface area contributed by atoms with Crippen molar-refractivity contribution in [1.29, 1.82) is 0 Å². The van der Waals surface area contributed by atoms with E-state index >= 15 is 0 Å². The van der Waals surface area contributed by atoms with E-state index in [1.165, 1.54) is 11.1 Å². The Kier molecular flexibility index (Phi) is 6.85. The third-order valence-electron chi connectivity index (χ3n) is 8.81. The number of aromatic amines is 1. The van der Waals surface area contributed by atoms with Gasteiger partial charge in [0.2, 0.25) is 0 Å². The largest absolute Gasteiger partial charge is 0.496 e. The van der Waals surface area contributed by atoms with Crippen molar-refractivity contribution in [3.63, 3.8) is 0 Å². The van der Waals surface area contributed by atoms with Gasteiger partial charge in [-0.1, -0.05) is 37.6 Å².